The molecule has 0 aliphatic heterocycles. The van der Waals surface area contributed by atoms with Crippen molar-refractivity contribution in [2.45, 2.75) is 36.6 Å². The minimum absolute atomic E-state index is 0.0780. The lowest BCUT2D eigenvalue weighted by molar-refractivity contribution is 0.102. The zero-order valence-corrected chi connectivity index (χ0v) is 18.4. The zero-order chi connectivity index (χ0) is 21.5. The van der Waals surface area contributed by atoms with Gasteiger partial charge in [0.05, 0.1) is 10.7 Å². The molecule has 0 aliphatic rings. The largest absolute Gasteiger partial charge is 0.322 e. The molecule has 0 atom stereocenters. The molecule has 0 radical (unpaired) electrons. The predicted octanol–water partition coefficient (Wildman–Crippen LogP) is 5.84. The maximum absolute atomic E-state index is 12.7. The summed E-state index contributed by atoms with van der Waals surface area (Å²) in [5, 5.41) is 8.45. The number of rotatable bonds is 8. The SMILES string of the molecule is C=C(N=CC)c1cc(Sc2ccc(NC(=O)c3ccccc3CCC)cc2)n(C)n1. The van der Waals surface area contributed by atoms with E-state index in [4.69, 9.17) is 0 Å². The van der Waals surface area contributed by atoms with Gasteiger partial charge in [-0.05, 0) is 55.3 Å². The number of amides is 1. The van der Waals surface area contributed by atoms with E-state index in [1.807, 2.05) is 73.3 Å². The quantitative estimate of drug-likeness (QED) is 0.468. The first-order valence-corrected chi connectivity index (χ1v) is 10.7. The third kappa shape index (κ3) is 5.27. The van der Waals surface area contributed by atoms with Crippen LogP contribution in [-0.4, -0.2) is 21.9 Å². The number of carbonyl (C=O) groups is 1. The molecule has 0 unspecified atom stereocenters. The summed E-state index contributed by atoms with van der Waals surface area (Å²) in [5.74, 6) is -0.0780. The van der Waals surface area contributed by atoms with Crippen LogP contribution in [0.25, 0.3) is 5.70 Å². The smallest absolute Gasteiger partial charge is 0.255 e. The van der Waals surface area contributed by atoms with E-state index in [-0.39, 0.29) is 5.91 Å². The number of aromatic nitrogens is 2. The lowest BCUT2D eigenvalue weighted by Crippen LogP contribution is -2.14. The highest BCUT2D eigenvalue weighted by atomic mass is 32.2. The van der Waals surface area contributed by atoms with Crippen molar-refractivity contribution in [3.8, 4) is 0 Å². The van der Waals surface area contributed by atoms with Crippen LogP contribution in [0.4, 0.5) is 5.69 Å². The molecule has 6 heteroatoms. The molecule has 0 saturated carbocycles. The molecule has 1 heterocycles. The van der Waals surface area contributed by atoms with Gasteiger partial charge in [0.1, 0.15) is 5.69 Å². The van der Waals surface area contributed by atoms with Crippen LogP contribution in [0.2, 0.25) is 0 Å². The molecule has 3 aromatic rings. The minimum atomic E-state index is -0.0780. The van der Waals surface area contributed by atoms with Crippen LogP contribution in [0.5, 0.6) is 0 Å². The number of aliphatic imine (C=N–C) groups is 1. The van der Waals surface area contributed by atoms with E-state index in [1.165, 1.54) is 0 Å². The van der Waals surface area contributed by atoms with Gasteiger partial charge in [-0.25, -0.2) is 0 Å². The summed E-state index contributed by atoms with van der Waals surface area (Å²) in [6.45, 7) is 7.90. The normalized spacial score (nSPS) is 11.0. The highest BCUT2D eigenvalue weighted by Crippen LogP contribution is 2.30. The van der Waals surface area contributed by atoms with Gasteiger partial charge in [0.2, 0.25) is 0 Å². The average Bonchev–Trinajstić information content (AvgIpc) is 3.11. The van der Waals surface area contributed by atoms with Crippen molar-refractivity contribution in [1.82, 2.24) is 9.78 Å². The van der Waals surface area contributed by atoms with Gasteiger partial charge in [-0.3, -0.25) is 14.5 Å². The van der Waals surface area contributed by atoms with Gasteiger partial charge in [0.25, 0.3) is 5.91 Å². The number of nitrogens with one attached hydrogen (secondary N) is 1. The summed E-state index contributed by atoms with van der Waals surface area (Å²) in [4.78, 5) is 18.0. The minimum Gasteiger partial charge on any atom is -0.322 e. The average molecular weight is 419 g/mol. The third-order valence-corrected chi connectivity index (χ3v) is 5.63. The Morgan fingerprint density at radius 3 is 2.67 bits per heavy atom. The van der Waals surface area contributed by atoms with Gasteiger partial charge < -0.3 is 5.32 Å². The molecule has 0 spiro atoms. The standard InChI is InChI=1S/C24H26N4OS/c1-5-9-18-10-7-8-11-21(18)24(29)26-19-12-14-20(15-13-19)30-23-16-22(27-28(23)4)17(3)25-6-2/h6-8,10-16H,3,5,9H2,1-2,4H3,(H,26,29). The highest BCUT2D eigenvalue weighted by Gasteiger charge is 2.12. The zero-order valence-electron chi connectivity index (χ0n) is 17.6. The number of hydrogen-bond donors (Lipinski definition) is 1. The Bertz CT molecular complexity index is 1070. The van der Waals surface area contributed by atoms with Gasteiger partial charge in [-0.15, -0.1) is 0 Å². The molecule has 5 nitrogen and oxygen atoms in total. The summed E-state index contributed by atoms with van der Waals surface area (Å²) in [7, 11) is 1.90. The van der Waals surface area contributed by atoms with E-state index in [1.54, 1.807) is 18.0 Å². The van der Waals surface area contributed by atoms with Crippen molar-refractivity contribution in [3.63, 3.8) is 0 Å². The van der Waals surface area contributed by atoms with Crippen molar-refractivity contribution in [3.05, 3.63) is 78.0 Å². The summed E-state index contributed by atoms with van der Waals surface area (Å²) >= 11 is 1.60. The maximum atomic E-state index is 12.7. The second-order valence-electron chi connectivity index (χ2n) is 6.81. The molecule has 30 heavy (non-hydrogen) atoms. The molecular weight excluding hydrogens is 392 g/mol. The topological polar surface area (TPSA) is 59.3 Å². The Hall–Kier alpha value is -3.12. The monoisotopic (exact) mass is 418 g/mol. The first-order valence-electron chi connectivity index (χ1n) is 9.91. The second-order valence-corrected chi connectivity index (χ2v) is 7.91. The fraction of sp³-hybridized carbons (Fsp3) is 0.208. The van der Waals surface area contributed by atoms with Gasteiger partial charge in [0.15, 0.2) is 0 Å². The number of benzene rings is 2. The van der Waals surface area contributed by atoms with Crippen molar-refractivity contribution in [1.29, 1.82) is 0 Å². The number of nitrogens with zero attached hydrogens (tertiary/aromatic N) is 3. The lowest BCUT2D eigenvalue weighted by Gasteiger charge is -2.10. The number of hydrogen-bond acceptors (Lipinski definition) is 4. The fourth-order valence-electron chi connectivity index (χ4n) is 3.06. The highest BCUT2D eigenvalue weighted by molar-refractivity contribution is 7.99. The Kier molecular flexibility index (Phi) is 7.25. The first kappa shape index (κ1) is 21.6. The van der Waals surface area contributed by atoms with Crippen LogP contribution in [-0.2, 0) is 13.5 Å². The van der Waals surface area contributed by atoms with E-state index >= 15 is 0 Å². The molecular formula is C24H26N4OS. The Morgan fingerprint density at radius 2 is 1.97 bits per heavy atom. The van der Waals surface area contributed by atoms with Gasteiger partial charge >= 0.3 is 0 Å². The van der Waals surface area contributed by atoms with Gasteiger partial charge in [-0.2, -0.15) is 5.10 Å². The van der Waals surface area contributed by atoms with E-state index in [9.17, 15) is 4.79 Å². The molecule has 0 bridgehead atoms. The number of carbonyl (C=O) groups excluding carboxylic acids is 1. The van der Waals surface area contributed by atoms with E-state index in [0.717, 1.165) is 45.3 Å². The predicted molar refractivity (Wildman–Crippen MR) is 125 cm³/mol. The summed E-state index contributed by atoms with van der Waals surface area (Å²) in [5.41, 5.74) is 3.97. The summed E-state index contributed by atoms with van der Waals surface area (Å²) < 4.78 is 1.82. The molecule has 1 N–H and O–H groups in total. The van der Waals surface area contributed by atoms with Crippen molar-refractivity contribution in [2.75, 3.05) is 5.32 Å². The molecule has 0 saturated heterocycles. The fourth-order valence-corrected chi connectivity index (χ4v) is 3.92. The Labute approximate surface area is 181 Å². The molecule has 3 rings (SSSR count). The molecule has 2 aromatic carbocycles. The van der Waals surface area contributed by atoms with Crippen LogP contribution in [0, 0.1) is 0 Å². The Balaban J connectivity index is 1.69. The summed E-state index contributed by atoms with van der Waals surface area (Å²) in [6, 6.07) is 17.6. The van der Waals surface area contributed by atoms with Crippen LogP contribution < -0.4 is 5.32 Å². The molecule has 0 aliphatic carbocycles. The van der Waals surface area contributed by atoms with Crippen LogP contribution in [0.1, 0.15) is 41.9 Å². The van der Waals surface area contributed by atoms with Crippen molar-refractivity contribution in [2.24, 2.45) is 12.0 Å². The van der Waals surface area contributed by atoms with Crippen LogP contribution in [0.15, 0.2) is 76.1 Å². The van der Waals surface area contributed by atoms with Crippen LogP contribution >= 0.6 is 11.8 Å². The van der Waals surface area contributed by atoms with E-state index in [2.05, 4.69) is 28.9 Å². The van der Waals surface area contributed by atoms with Crippen LogP contribution in [0.3, 0.4) is 0 Å². The molecule has 1 aromatic heterocycles. The number of anilines is 1. The van der Waals surface area contributed by atoms with Crippen molar-refractivity contribution < 1.29 is 4.79 Å². The van der Waals surface area contributed by atoms with Gasteiger partial charge in [0, 0.05) is 29.4 Å². The summed E-state index contributed by atoms with van der Waals surface area (Å²) in [6.07, 6.45) is 3.60. The third-order valence-electron chi connectivity index (χ3n) is 4.53. The first-order chi connectivity index (χ1) is 14.5. The molecule has 0 fully saturated rings. The maximum Gasteiger partial charge on any atom is 0.255 e. The van der Waals surface area contributed by atoms with E-state index in [0.29, 0.717) is 5.70 Å². The van der Waals surface area contributed by atoms with Gasteiger partial charge in [-0.1, -0.05) is 49.9 Å². The Morgan fingerprint density at radius 1 is 1.23 bits per heavy atom. The molecule has 1 amide bonds. The second kappa shape index (κ2) is 10.1. The van der Waals surface area contributed by atoms with E-state index < -0.39 is 0 Å². The lowest BCUT2D eigenvalue weighted by atomic mass is 10.0. The van der Waals surface area contributed by atoms with Crippen molar-refractivity contribution >= 4 is 35.3 Å². The number of aryl methyl sites for hydroxylation is 2. The molecule has 154 valence electrons.